The minimum absolute atomic E-state index is 0.512. The van der Waals surface area contributed by atoms with Gasteiger partial charge in [0.1, 0.15) is 5.82 Å². The first kappa shape index (κ1) is 15.0. The predicted octanol–water partition coefficient (Wildman–Crippen LogP) is 3.20. The van der Waals surface area contributed by atoms with Gasteiger partial charge in [-0.2, -0.15) is 0 Å². The lowest BCUT2D eigenvalue weighted by molar-refractivity contribution is 0.586. The fourth-order valence-corrected chi connectivity index (χ4v) is 1.92. The molecule has 0 amide bonds. The number of nitrogens with zero attached hydrogens (tertiary/aromatic N) is 2. The molecule has 1 N–H and O–H groups in total. The Labute approximate surface area is 112 Å². The van der Waals surface area contributed by atoms with Gasteiger partial charge in [-0.05, 0) is 31.0 Å². The molecule has 0 fully saturated rings. The summed E-state index contributed by atoms with van der Waals surface area (Å²) in [5, 5.41) is 3.44. The number of rotatable bonds is 7. The molecule has 0 aliphatic rings. The SMILES string of the molecule is CCCC(C)N(C)c1cc(CNC(C)C)ccn1. The monoisotopic (exact) mass is 249 g/mol. The van der Waals surface area contributed by atoms with Gasteiger partial charge in [0, 0.05) is 31.9 Å². The Kier molecular flexibility index (Phi) is 6.13. The van der Waals surface area contributed by atoms with E-state index in [2.05, 4.69) is 62.1 Å². The zero-order valence-electron chi connectivity index (χ0n) is 12.4. The molecule has 0 aliphatic carbocycles. The van der Waals surface area contributed by atoms with E-state index in [9.17, 15) is 0 Å². The molecule has 0 aromatic carbocycles. The summed E-state index contributed by atoms with van der Waals surface area (Å²) in [7, 11) is 2.13. The molecule has 1 rings (SSSR count). The van der Waals surface area contributed by atoms with Crippen LogP contribution in [0.5, 0.6) is 0 Å². The van der Waals surface area contributed by atoms with E-state index in [0.717, 1.165) is 12.4 Å². The van der Waals surface area contributed by atoms with Crippen LogP contribution in [-0.4, -0.2) is 24.1 Å². The van der Waals surface area contributed by atoms with Gasteiger partial charge in [-0.25, -0.2) is 4.98 Å². The van der Waals surface area contributed by atoms with Gasteiger partial charge in [-0.1, -0.05) is 27.2 Å². The van der Waals surface area contributed by atoms with Crippen molar-refractivity contribution in [2.24, 2.45) is 0 Å². The molecule has 0 saturated carbocycles. The van der Waals surface area contributed by atoms with E-state index in [-0.39, 0.29) is 0 Å². The highest BCUT2D eigenvalue weighted by Crippen LogP contribution is 2.16. The Bertz CT molecular complexity index is 349. The van der Waals surface area contributed by atoms with Crippen molar-refractivity contribution in [1.82, 2.24) is 10.3 Å². The molecule has 1 aromatic rings. The van der Waals surface area contributed by atoms with Crippen LogP contribution < -0.4 is 10.2 Å². The molecule has 1 atom stereocenters. The maximum Gasteiger partial charge on any atom is 0.128 e. The fraction of sp³-hybridized carbons (Fsp3) is 0.667. The maximum atomic E-state index is 4.47. The summed E-state index contributed by atoms with van der Waals surface area (Å²) in [5.41, 5.74) is 1.30. The van der Waals surface area contributed by atoms with E-state index in [1.165, 1.54) is 18.4 Å². The average Bonchev–Trinajstić information content (AvgIpc) is 2.36. The van der Waals surface area contributed by atoms with Crippen molar-refractivity contribution >= 4 is 5.82 Å². The lowest BCUT2D eigenvalue weighted by atomic mass is 10.1. The summed E-state index contributed by atoms with van der Waals surface area (Å²) in [6.07, 6.45) is 4.31. The highest BCUT2D eigenvalue weighted by atomic mass is 15.2. The van der Waals surface area contributed by atoms with E-state index < -0.39 is 0 Å². The van der Waals surface area contributed by atoms with Crippen LogP contribution in [0, 0.1) is 0 Å². The molecule has 102 valence electrons. The largest absolute Gasteiger partial charge is 0.357 e. The lowest BCUT2D eigenvalue weighted by Crippen LogP contribution is -2.29. The van der Waals surface area contributed by atoms with Gasteiger partial charge < -0.3 is 10.2 Å². The van der Waals surface area contributed by atoms with Crippen LogP contribution in [0.4, 0.5) is 5.82 Å². The van der Waals surface area contributed by atoms with Gasteiger partial charge in [0.2, 0.25) is 0 Å². The second-order valence-corrected chi connectivity index (χ2v) is 5.31. The average molecular weight is 249 g/mol. The second kappa shape index (κ2) is 7.37. The Morgan fingerprint density at radius 3 is 2.67 bits per heavy atom. The Balaban J connectivity index is 2.68. The van der Waals surface area contributed by atoms with Crippen molar-refractivity contribution in [3.8, 4) is 0 Å². The van der Waals surface area contributed by atoms with E-state index in [1.54, 1.807) is 0 Å². The first-order valence-electron chi connectivity index (χ1n) is 6.95. The van der Waals surface area contributed by atoms with E-state index in [4.69, 9.17) is 0 Å². The van der Waals surface area contributed by atoms with Crippen molar-refractivity contribution in [2.45, 2.75) is 59.2 Å². The van der Waals surface area contributed by atoms with Crippen molar-refractivity contribution in [3.63, 3.8) is 0 Å². The Morgan fingerprint density at radius 1 is 1.33 bits per heavy atom. The number of hydrogen-bond acceptors (Lipinski definition) is 3. The number of hydrogen-bond donors (Lipinski definition) is 1. The summed E-state index contributed by atoms with van der Waals surface area (Å²) >= 11 is 0. The van der Waals surface area contributed by atoms with Crippen molar-refractivity contribution in [3.05, 3.63) is 23.9 Å². The highest BCUT2D eigenvalue weighted by molar-refractivity contribution is 5.41. The van der Waals surface area contributed by atoms with Crippen LogP contribution in [0.2, 0.25) is 0 Å². The summed E-state index contributed by atoms with van der Waals surface area (Å²) in [6, 6.07) is 5.31. The molecule has 0 bridgehead atoms. The van der Waals surface area contributed by atoms with Crippen molar-refractivity contribution in [1.29, 1.82) is 0 Å². The van der Waals surface area contributed by atoms with Crippen LogP contribution in [0.1, 0.15) is 46.1 Å². The number of aromatic nitrogens is 1. The van der Waals surface area contributed by atoms with Gasteiger partial charge in [0.25, 0.3) is 0 Å². The number of anilines is 1. The minimum Gasteiger partial charge on any atom is -0.357 e. The van der Waals surface area contributed by atoms with Crippen LogP contribution in [0.25, 0.3) is 0 Å². The topological polar surface area (TPSA) is 28.2 Å². The Hall–Kier alpha value is -1.09. The van der Waals surface area contributed by atoms with Crippen LogP contribution in [-0.2, 0) is 6.54 Å². The first-order chi connectivity index (χ1) is 8.54. The van der Waals surface area contributed by atoms with Gasteiger partial charge in [-0.15, -0.1) is 0 Å². The molecule has 3 heteroatoms. The van der Waals surface area contributed by atoms with Crippen molar-refractivity contribution < 1.29 is 0 Å². The summed E-state index contributed by atoms with van der Waals surface area (Å²) in [5.74, 6) is 1.07. The van der Waals surface area contributed by atoms with E-state index >= 15 is 0 Å². The first-order valence-corrected chi connectivity index (χ1v) is 6.95. The molecule has 1 unspecified atom stereocenters. The zero-order chi connectivity index (χ0) is 13.5. The standard InChI is InChI=1S/C15H27N3/c1-6-7-13(4)18(5)15-10-14(8-9-16-15)11-17-12(2)3/h8-10,12-13,17H,6-7,11H2,1-5H3. The van der Waals surface area contributed by atoms with E-state index in [1.807, 2.05) is 6.20 Å². The third-order valence-electron chi connectivity index (χ3n) is 3.25. The van der Waals surface area contributed by atoms with Gasteiger partial charge in [0.15, 0.2) is 0 Å². The quantitative estimate of drug-likeness (QED) is 0.804. The van der Waals surface area contributed by atoms with Crippen LogP contribution >= 0.6 is 0 Å². The summed E-state index contributed by atoms with van der Waals surface area (Å²) < 4.78 is 0. The molecule has 0 aliphatic heterocycles. The third kappa shape index (κ3) is 4.65. The molecule has 0 saturated heterocycles. The summed E-state index contributed by atoms with van der Waals surface area (Å²) in [6.45, 7) is 9.71. The fourth-order valence-electron chi connectivity index (χ4n) is 1.92. The van der Waals surface area contributed by atoms with Gasteiger partial charge in [-0.3, -0.25) is 0 Å². The second-order valence-electron chi connectivity index (χ2n) is 5.31. The van der Waals surface area contributed by atoms with Gasteiger partial charge in [0.05, 0.1) is 0 Å². The molecule has 1 aromatic heterocycles. The lowest BCUT2D eigenvalue weighted by Gasteiger charge is -2.26. The maximum absolute atomic E-state index is 4.47. The molecule has 18 heavy (non-hydrogen) atoms. The molecule has 1 heterocycles. The van der Waals surface area contributed by atoms with Crippen molar-refractivity contribution in [2.75, 3.05) is 11.9 Å². The molecule has 3 nitrogen and oxygen atoms in total. The van der Waals surface area contributed by atoms with Gasteiger partial charge >= 0.3 is 0 Å². The third-order valence-corrected chi connectivity index (χ3v) is 3.25. The molecular formula is C15H27N3. The predicted molar refractivity (Wildman–Crippen MR) is 79.0 cm³/mol. The number of pyridine rings is 1. The highest BCUT2D eigenvalue weighted by Gasteiger charge is 2.10. The zero-order valence-corrected chi connectivity index (χ0v) is 12.4. The normalized spacial score (nSPS) is 12.8. The van der Waals surface area contributed by atoms with Crippen LogP contribution in [0.3, 0.4) is 0 Å². The Morgan fingerprint density at radius 2 is 2.06 bits per heavy atom. The molecule has 0 spiro atoms. The molecular weight excluding hydrogens is 222 g/mol. The number of nitrogens with one attached hydrogen (secondary N) is 1. The summed E-state index contributed by atoms with van der Waals surface area (Å²) in [4.78, 5) is 6.73. The van der Waals surface area contributed by atoms with E-state index in [0.29, 0.717) is 12.1 Å². The smallest absolute Gasteiger partial charge is 0.128 e. The minimum atomic E-state index is 0.512. The van der Waals surface area contributed by atoms with Crippen LogP contribution in [0.15, 0.2) is 18.3 Å². The molecule has 0 radical (unpaired) electrons.